The Balaban J connectivity index is 2.30. The Bertz CT molecular complexity index is 404. The zero-order valence-corrected chi connectivity index (χ0v) is 9.54. The van der Waals surface area contributed by atoms with Crippen molar-refractivity contribution in [1.82, 2.24) is 0 Å². The van der Waals surface area contributed by atoms with E-state index in [2.05, 4.69) is 17.6 Å². The molecule has 1 aliphatic rings. The number of ether oxygens (including phenoxy) is 1. The molecule has 0 saturated heterocycles. The SMILES string of the molecule is CCCC1Nc2cccc(OC)c2NC1=O. The number of benzene rings is 1. The van der Waals surface area contributed by atoms with Gasteiger partial charge in [0.05, 0.1) is 12.8 Å². The maximum Gasteiger partial charge on any atom is 0.247 e. The average molecular weight is 220 g/mol. The van der Waals surface area contributed by atoms with Crippen LogP contribution in [-0.4, -0.2) is 19.1 Å². The van der Waals surface area contributed by atoms with E-state index in [1.54, 1.807) is 7.11 Å². The Kier molecular flexibility index (Phi) is 2.99. The zero-order chi connectivity index (χ0) is 11.5. The summed E-state index contributed by atoms with van der Waals surface area (Å²) in [6.45, 7) is 2.07. The molecule has 0 bridgehead atoms. The second kappa shape index (κ2) is 4.43. The van der Waals surface area contributed by atoms with Crippen LogP contribution in [0.2, 0.25) is 0 Å². The molecule has 0 radical (unpaired) electrons. The minimum absolute atomic E-state index is 0.0128. The van der Waals surface area contributed by atoms with Crippen LogP contribution in [0.15, 0.2) is 18.2 Å². The molecular formula is C12H16N2O2. The van der Waals surface area contributed by atoms with Crippen LogP contribution in [0.25, 0.3) is 0 Å². The van der Waals surface area contributed by atoms with E-state index in [1.165, 1.54) is 0 Å². The van der Waals surface area contributed by atoms with E-state index in [0.29, 0.717) is 5.75 Å². The van der Waals surface area contributed by atoms with E-state index in [0.717, 1.165) is 24.2 Å². The number of carbonyl (C=O) groups is 1. The molecule has 1 aromatic carbocycles. The summed E-state index contributed by atoms with van der Waals surface area (Å²) in [6.07, 6.45) is 1.81. The van der Waals surface area contributed by atoms with E-state index in [1.807, 2.05) is 18.2 Å². The summed E-state index contributed by atoms with van der Waals surface area (Å²) in [5.41, 5.74) is 1.67. The van der Waals surface area contributed by atoms with Gasteiger partial charge in [0.15, 0.2) is 0 Å². The molecule has 0 fully saturated rings. The van der Waals surface area contributed by atoms with Gasteiger partial charge in [0.25, 0.3) is 0 Å². The Morgan fingerprint density at radius 1 is 1.44 bits per heavy atom. The second-order valence-electron chi connectivity index (χ2n) is 3.86. The number of anilines is 2. The van der Waals surface area contributed by atoms with Crippen LogP contribution in [0.4, 0.5) is 11.4 Å². The van der Waals surface area contributed by atoms with Crippen molar-refractivity contribution in [2.45, 2.75) is 25.8 Å². The number of hydrogen-bond donors (Lipinski definition) is 2. The van der Waals surface area contributed by atoms with E-state index in [-0.39, 0.29) is 11.9 Å². The summed E-state index contributed by atoms with van der Waals surface area (Å²) in [4.78, 5) is 11.8. The third kappa shape index (κ3) is 1.83. The Morgan fingerprint density at radius 2 is 2.25 bits per heavy atom. The van der Waals surface area contributed by atoms with E-state index >= 15 is 0 Å². The summed E-state index contributed by atoms with van der Waals surface area (Å²) in [6, 6.07) is 5.55. The Labute approximate surface area is 95.0 Å². The van der Waals surface area contributed by atoms with Gasteiger partial charge in [-0.05, 0) is 18.6 Å². The summed E-state index contributed by atoms with van der Waals surface area (Å²) >= 11 is 0. The van der Waals surface area contributed by atoms with Gasteiger partial charge in [0.2, 0.25) is 5.91 Å². The molecule has 0 saturated carbocycles. The highest BCUT2D eigenvalue weighted by atomic mass is 16.5. The maximum absolute atomic E-state index is 11.8. The fourth-order valence-electron chi connectivity index (χ4n) is 1.91. The van der Waals surface area contributed by atoms with Crippen molar-refractivity contribution in [3.63, 3.8) is 0 Å². The number of carbonyl (C=O) groups excluding carboxylic acids is 1. The third-order valence-electron chi connectivity index (χ3n) is 2.72. The monoisotopic (exact) mass is 220 g/mol. The van der Waals surface area contributed by atoms with Crippen LogP contribution in [-0.2, 0) is 4.79 Å². The fraction of sp³-hybridized carbons (Fsp3) is 0.417. The van der Waals surface area contributed by atoms with Crippen molar-refractivity contribution < 1.29 is 9.53 Å². The molecule has 86 valence electrons. The van der Waals surface area contributed by atoms with Gasteiger partial charge in [-0.25, -0.2) is 0 Å². The number of para-hydroxylation sites is 1. The molecule has 2 rings (SSSR count). The number of nitrogens with one attached hydrogen (secondary N) is 2. The van der Waals surface area contributed by atoms with Gasteiger partial charge in [-0.3, -0.25) is 4.79 Å². The molecule has 0 aromatic heterocycles. The first-order valence-corrected chi connectivity index (χ1v) is 5.50. The van der Waals surface area contributed by atoms with Crippen LogP contribution in [0.5, 0.6) is 5.75 Å². The topological polar surface area (TPSA) is 50.4 Å². The minimum atomic E-state index is -0.135. The van der Waals surface area contributed by atoms with Crippen molar-refractivity contribution in [3.05, 3.63) is 18.2 Å². The Morgan fingerprint density at radius 3 is 2.94 bits per heavy atom. The Hall–Kier alpha value is -1.71. The molecule has 0 aliphatic carbocycles. The average Bonchev–Trinajstić information content (AvgIpc) is 2.30. The van der Waals surface area contributed by atoms with Crippen LogP contribution in [0.3, 0.4) is 0 Å². The highest BCUT2D eigenvalue weighted by Gasteiger charge is 2.26. The van der Waals surface area contributed by atoms with Gasteiger partial charge in [0.1, 0.15) is 17.5 Å². The molecule has 1 aliphatic heterocycles. The van der Waals surface area contributed by atoms with E-state index < -0.39 is 0 Å². The fourth-order valence-corrected chi connectivity index (χ4v) is 1.91. The van der Waals surface area contributed by atoms with Crippen LogP contribution in [0, 0.1) is 0 Å². The maximum atomic E-state index is 11.8. The van der Waals surface area contributed by atoms with E-state index in [4.69, 9.17) is 4.74 Å². The van der Waals surface area contributed by atoms with Crippen molar-refractivity contribution >= 4 is 17.3 Å². The number of hydrogen-bond acceptors (Lipinski definition) is 3. The number of rotatable bonds is 3. The summed E-state index contributed by atoms with van der Waals surface area (Å²) < 4.78 is 5.20. The van der Waals surface area contributed by atoms with Crippen molar-refractivity contribution in [2.24, 2.45) is 0 Å². The first-order chi connectivity index (χ1) is 7.76. The summed E-state index contributed by atoms with van der Waals surface area (Å²) in [7, 11) is 1.60. The quantitative estimate of drug-likeness (QED) is 0.821. The number of methoxy groups -OCH3 is 1. The van der Waals surface area contributed by atoms with Crippen LogP contribution < -0.4 is 15.4 Å². The lowest BCUT2D eigenvalue weighted by atomic mass is 10.1. The molecule has 2 N–H and O–H groups in total. The number of amides is 1. The predicted molar refractivity (Wildman–Crippen MR) is 63.9 cm³/mol. The molecule has 16 heavy (non-hydrogen) atoms. The first-order valence-electron chi connectivity index (χ1n) is 5.50. The smallest absolute Gasteiger partial charge is 0.247 e. The molecule has 4 nitrogen and oxygen atoms in total. The zero-order valence-electron chi connectivity index (χ0n) is 9.54. The first kappa shape index (κ1) is 10.8. The van der Waals surface area contributed by atoms with Crippen molar-refractivity contribution in [1.29, 1.82) is 0 Å². The van der Waals surface area contributed by atoms with Gasteiger partial charge in [-0.2, -0.15) is 0 Å². The van der Waals surface area contributed by atoms with Crippen LogP contribution >= 0.6 is 0 Å². The molecule has 4 heteroatoms. The lowest BCUT2D eigenvalue weighted by Crippen LogP contribution is -2.38. The molecule has 1 aromatic rings. The normalized spacial score (nSPS) is 18.4. The molecule has 1 unspecified atom stereocenters. The minimum Gasteiger partial charge on any atom is -0.494 e. The molecular weight excluding hydrogens is 204 g/mol. The van der Waals surface area contributed by atoms with Crippen molar-refractivity contribution in [2.75, 3.05) is 17.7 Å². The standard InChI is InChI=1S/C12H16N2O2/c1-3-5-9-12(15)14-11-8(13-9)6-4-7-10(11)16-2/h4,6-7,9,13H,3,5H2,1-2H3,(H,14,15). The lowest BCUT2D eigenvalue weighted by Gasteiger charge is -2.27. The molecule has 1 atom stereocenters. The largest absolute Gasteiger partial charge is 0.494 e. The van der Waals surface area contributed by atoms with Gasteiger partial charge in [-0.15, -0.1) is 0 Å². The van der Waals surface area contributed by atoms with Crippen molar-refractivity contribution in [3.8, 4) is 5.75 Å². The van der Waals surface area contributed by atoms with E-state index in [9.17, 15) is 4.79 Å². The van der Waals surface area contributed by atoms with Crippen LogP contribution in [0.1, 0.15) is 19.8 Å². The van der Waals surface area contributed by atoms with Gasteiger partial charge < -0.3 is 15.4 Å². The molecule has 1 amide bonds. The number of fused-ring (bicyclic) bond motifs is 1. The molecule has 1 heterocycles. The lowest BCUT2D eigenvalue weighted by molar-refractivity contribution is -0.117. The highest BCUT2D eigenvalue weighted by Crippen LogP contribution is 2.35. The summed E-state index contributed by atoms with van der Waals surface area (Å²) in [5, 5.41) is 6.12. The summed E-state index contributed by atoms with van der Waals surface area (Å²) in [5.74, 6) is 0.701. The molecule has 0 spiro atoms. The second-order valence-corrected chi connectivity index (χ2v) is 3.86. The third-order valence-corrected chi connectivity index (χ3v) is 2.72. The highest BCUT2D eigenvalue weighted by molar-refractivity contribution is 6.04. The van der Waals surface area contributed by atoms with Gasteiger partial charge in [0, 0.05) is 0 Å². The van der Waals surface area contributed by atoms with Gasteiger partial charge >= 0.3 is 0 Å². The van der Waals surface area contributed by atoms with Gasteiger partial charge in [-0.1, -0.05) is 19.4 Å². The predicted octanol–water partition coefficient (Wildman–Crippen LogP) is 2.23.